The molecule has 226 valence electrons. The summed E-state index contributed by atoms with van der Waals surface area (Å²) in [4.78, 5) is 15.7. The lowest BCUT2D eigenvalue weighted by atomic mass is 9.81. The van der Waals surface area contributed by atoms with E-state index in [0.29, 0.717) is 16.5 Å². The first-order valence-electron chi connectivity index (χ1n) is 16.0. The van der Waals surface area contributed by atoms with Gasteiger partial charge in [-0.1, -0.05) is 61.2 Å². The van der Waals surface area contributed by atoms with Crippen LogP contribution in [0.4, 0.5) is 0 Å². The van der Waals surface area contributed by atoms with Crippen molar-refractivity contribution in [2.45, 2.75) is 57.4 Å². The third kappa shape index (κ3) is 4.72. The first kappa shape index (κ1) is 28.0. The smallest absolute Gasteiger partial charge is 0.335 e. The molecule has 4 aromatic carbocycles. The summed E-state index contributed by atoms with van der Waals surface area (Å²) in [6.45, 7) is 0.867. The van der Waals surface area contributed by atoms with Crippen molar-refractivity contribution < 1.29 is 14.6 Å². The number of nitrogens with zero attached hydrogens (tertiary/aromatic N) is 1. The van der Waals surface area contributed by atoms with Crippen LogP contribution in [0, 0.1) is 0 Å². The monoisotopic (exact) mass is 614 g/mol. The Morgan fingerprint density at radius 1 is 0.867 bits per heavy atom. The molecule has 1 saturated carbocycles. The summed E-state index contributed by atoms with van der Waals surface area (Å²) in [5, 5.41) is 13.0. The van der Waals surface area contributed by atoms with Gasteiger partial charge in [-0.2, -0.15) is 0 Å². The molecule has 0 amide bonds. The zero-order chi connectivity index (χ0) is 30.7. The minimum Gasteiger partial charge on any atom is -0.497 e. The Labute approximate surface area is 267 Å². The summed E-state index contributed by atoms with van der Waals surface area (Å²) in [7, 11) is 1.70. The number of fused-ring (bicyclic) bond motifs is 7. The minimum absolute atomic E-state index is 0.350. The number of ether oxygens (including phenoxy) is 1. The molecule has 0 atom stereocenters. The van der Waals surface area contributed by atoms with E-state index in [1.165, 1.54) is 65.3 Å². The number of aromatic amines is 1. The molecule has 0 bridgehead atoms. The van der Waals surface area contributed by atoms with Gasteiger partial charge in [0.25, 0.3) is 0 Å². The van der Waals surface area contributed by atoms with Crippen LogP contribution in [-0.4, -0.2) is 27.7 Å². The molecule has 1 aliphatic heterocycles. The zero-order valence-corrected chi connectivity index (χ0v) is 26.1. The highest BCUT2D eigenvalue weighted by Gasteiger charge is 2.30. The fraction of sp³-hybridized carbons (Fsp3) is 0.256. The number of aromatic carboxylic acids is 1. The van der Waals surface area contributed by atoms with Gasteiger partial charge in [0.15, 0.2) is 0 Å². The second-order valence-electron chi connectivity index (χ2n) is 12.5. The lowest BCUT2D eigenvalue weighted by Crippen LogP contribution is -2.07. The average Bonchev–Trinajstić information content (AvgIpc) is 3.59. The van der Waals surface area contributed by atoms with Crippen molar-refractivity contribution in [2.24, 2.45) is 0 Å². The number of hydrogen-bond donors (Lipinski definition) is 2. The Bertz CT molecular complexity index is 2100. The number of nitrogens with one attached hydrogen (secondary N) is 1. The molecule has 0 unspecified atom stereocenters. The number of benzene rings is 4. The molecule has 0 radical (unpaired) electrons. The maximum Gasteiger partial charge on any atom is 0.335 e. The molecule has 8 rings (SSSR count). The Kier molecular flexibility index (Phi) is 6.94. The third-order valence-electron chi connectivity index (χ3n) is 10.0. The summed E-state index contributed by atoms with van der Waals surface area (Å²) in [5.41, 5.74) is 12.2. The summed E-state index contributed by atoms with van der Waals surface area (Å²) >= 11 is 6.23. The van der Waals surface area contributed by atoms with Gasteiger partial charge in [-0.05, 0) is 102 Å². The van der Waals surface area contributed by atoms with Gasteiger partial charge in [0, 0.05) is 50.2 Å². The molecule has 5 nitrogen and oxygen atoms in total. The van der Waals surface area contributed by atoms with Crippen molar-refractivity contribution in [1.82, 2.24) is 9.55 Å². The number of aromatic nitrogens is 2. The van der Waals surface area contributed by atoms with Gasteiger partial charge in [-0.15, -0.1) is 0 Å². The van der Waals surface area contributed by atoms with Crippen LogP contribution in [0.15, 0.2) is 78.9 Å². The van der Waals surface area contributed by atoms with Crippen LogP contribution >= 0.6 is 11.6 Å². The Morgan fingerprint density at radius 2 is 1.67 bits per heavy atom. The van der Waals surface area contributed by atoms with Crippen molar-refractivity contribution >= 4 is 39.4 Å². The van der Waals surface area contributed by atoms with E-state index in [0.717, 1.165) is 58.6 Å². The molecule has 2 N–H and O–H groups in total. The fourth-order valence-corrected chi connectivity index (χ4v) is 8.03. The van der Waals surface area contributed by atoms with Crippen molar-refractivity contribution in [2.75, 3.05) is 7.11 Å². The normalized spacial score (nSPS) is 15.2. The van der Waals surface area contributed by atoms with E-state index < -0.39 is 5.97 Å². The van der Waals surface area contributed by atoms with E-state index in [9.17, 15) is 9.90 Å². The number of halogens is 1. The maximum atomic E-state index is 12.0. The van der Waals surface area contributed by atoms with Gasteiger partial charge in [0.1, 0.15) is 5.75 Å². The molecule has 6 aromatic rings. The molecule has 1 fully saturated rings. The number of hydrogen-bond acceptors (Lipinski definition) is 2. The zero-order valence-electron chi connectivity index (χ0n) is 25.3. The van der Waals surface area contributed by atoms with Gasteiger partial charge in [-0.3, -0.25) is 0 Å². The van der Waals surface area contributed by atoms with E-state index in [2.05, 4.69) is 58.1 Å². The first-order valence-corrected chi connectivity index (χ1v) is 16.4. The average molecular weight is 615 g/mol. The van der Waals surface area contributed by atoms with Crippen LogP contribution < -0.4 is 4.74 Å². The molecular weight excluding hydrogens is 580 g/mol. The number of H-pyrrole nitrogens is 1. The topological polar surface area (TPSA) is 67.2 Å². The van der Waals surface area contributed by atoms with Crippen LogP contribution in [0.1, 0.15) is 65.9 Å². The first-order chi connectivity index (χ1) is 22.0. The summed E-state index contributed by atoms with van der Waals surface area (Å²) in [6, 6.07) is 26.8. The van der Waals surface area contributed by atoms with Crippen LogP contribution in [0.2, 0.25) is 5.02 Å². The van der Waals surface area contributed by atoms with Gasteiger partial charge in [-0.25, -0.2) is 4.79 Å². The predicted octanol–water partition coefficient (Wildman–Crippen LogP) is 10.5. The van der Waals surface area contributed by atoms with E-state index in [4.69, 9.17) is 16.3 Å². The van der Waals surface area contributed by atoms with Crippen LogP contribution in [-0.2, 0) is 13.0 Å². The molecule has 0 spiro atoms. The summed E-state index contributed by atoms with van der Waals surface area (Å²) in [5.74, 6) is 0.413. The van der Waals surface area contributed by atoms with Gasteiger partial charge in [0.2, 0.25) is 0 Å². The SMILES string of the molecule is COc1ccc(-c2ccc(Cl)cc2)c(-c2cc3c4c(ccc3[nH]2)-c2c(C3CCCCC3)c3ccc(C(=O)O)cc3n2CCC4)c1. The van der Waals surface area contributed by atoms with Gasteiger partial charge < -0.3 is 19.4 Å². The number of carboxylic acids is 1. The van der Waals surface area contributed by atoms with Crippen LogP contribution in [0.25, 0.3) is 55.4 Å². The standard InChI is InChI=1S/C39H35ClN2O3/c1-45-27-14-16-28(23-9-12-26(40)13-10-23)32(21-27)35-22-33-29-8-5-19-42-36-20-25(39(43)44)11-15-31(36)37(24-6-3-2-4-7-24)38(42)30(29)17-18-34(33)41-35/h9-18,20-22,24,41H,2-8,19H2,1H3,(H,43,44). The second-order valence-corrected chi connectivity index (χ2v) is 13.0. The highest BCUT2D eigenvalue weighted by molar-refractivity contribution is 6.30. The highest BCUT2D eigenvalue weighted by atomic mass is 35.5. The lowest BCUT2D eigenvalue weighted by molar-refractivity contribution is 0.0697. The number of rotatable bonds is 5. The Balaban J connectivity index is 1.34. The van der Waals surface area contributed by atoms with Gasteiger partial charge >= 0.3 is 5.97 Å². The maximum absolute atomic E-state index is 12.0. The molecule has 0 saturated heterocycles. The van der Waals surface area contributed by atoms with Crippen molar-refractivity contribution in [3.63, 3.8) is 0 Å². The molecule has 2 aromatic heterocycles. The van der Waals surface area contributed by atoms with Gasteiger partial charge in [0.05, 0.1) is 18.4 Å². The lowest BCUT2D eigenvalue weighted by Gasteiger charge is -2.24. The van der Waals surface area contributed by atoms with Crippen molar-refractivity contribution in [3.8, 4) is 39.4 Å². The number of aryl methyl sites for hydroxylation is 2. The number of methoxy groups -OCH3 is 1. The van der Waals surface area contributed by atoms with E-state index in [1.54, 1.807) is 13.2 Å². The predicted molar refractivity (Wildman–Crippen MR) is 183 cm³/mol. The van der Waals surface area contributed by atoms with Crippen LogP contribution in [0.5, 0.6) is 5.75 Å². The minimum atomic E-state index is -0.877. The van der Waals surface area contributed by atoms with Crippen molar-refractivity contribution in [3.05, 3.63) is 101 Å². The Hall–Kier alpha value is -4.48. The van der Waals surface area contributed by atoms with Crippen LogP contribution in [0.3, 0.4) is 0 Å². The Morgan fingerprint density at radius 3 is 2.44 bits per heavy atom. The van der Waals surface area contributed by atoms with E-state index in [-0.39, 0.29) is 0 Å². The second kappa shape index (κ2) is 11.1. The number of carboxylic acid groups (broad SMARTS) is 1. The fourth-order valence-electron chi connectivity index (χ4n) is 7.91. The highest BCUT2D eigenvalue weighted by Crippen LogP contribution is 2.48. The number of carbonyl (C=O) groups is 1. The summed E-state index contributed by atoms with van der Waals surface area (Å²) < 4.78 is 8.08. The quantitative estimate of drug-likeness (QED) is 0.203. The molecule has 6 heteroatoms. The molecule has 3 heterocycles. The molecule has 2 aliphatic rings. The van der Waals surface area contributed by atoms with E-state index >= 15 is 0 Å². The van der Waals surface area contributed by atoms with E-state index in [1.807, 2.05) is 24.3 Å². The molecule has 1 aliphatic carbocycles. The molecular formula is C39H35ClN2O3. The largest absolute Gasteiger partial charge is 0.497 e. The summed E-state index contributed by atoms with van der Waals surface area (Å²) in [6.07, 6.45) is 8.09. The molecule has 45 heavy (non-hydrogen) atoms. The van der Waals surface area contributed by atoms with Crippen molar-refractivity contribution in [1.29, 1.82) is 0 Å². The third-order valence-corrected chi connectivity index (χ3v) is 10.3.